The van der Waals surface area contributed by atoms with Crippen molar-refractivity contribution in [3.8, 4) is 5.75 Å². The molecule has 0 spiro atoms. The number of ether oxygens (including phenoxy) is 1. The van der Waals surface area contributed by atoms with Gasteiger partial charge in [0, 0.05) is 11.6 Å². The van der Waals surface area contributed by atoms with Crippen molar-refractivity contribution in [2.75, 3.05) is 19.8 Å². The lowest BCUT2D eigenvalue weighted by molar-refractivity contribution is 0.216. The summed E-state index contributed by atoms with van der Waals surface area (Å²) in [5, 5.41) is 10.0. The molecule has 1 rings (SSSR count). The van der Waals surface area contributed by atoms with Crippen molar-refractivity contribution in [3.05, 3.63) is 28.3 Å². The SMILES string of the molecule is CCCOc1cc(C)c(Cl)cc1C(C)CC(CN)CO. The Balaban J connectivity index is 2.97. The van der Waals surface area contributed by atoms with E-state index in [1.54, 1.807) is 0 Å². The molecule has 0 radical (unpaired) electrons. The Morgan fingerprint density at radius 3 is 2.65 bits per heavy atom. The molecule has 0 amide bonds. The first kappa shape index (κ1) is 17.3. The smallest absolute Gasteiger partial charge is 0.123 e. The van der Waals surface area contributed by atoms with Gasteiger partial charge in [0.15, 0.2) is 0 Å². The van der Waals surface area contributed by atoms with Crippen molar-refractivity contribution >= 4 is 11.6 Å². The van der Waals surface area contributed by atoms with Crippen LogP contribution in [0.5, 0.6) is 5.75 Å². The summed E-state index contributed by atoms with van der Waals surface area (Å²) in [6.07, 6.45) is 1.80. The molecule has 1 aromatic carbocycles. The Labute approximate surface area is 127 Å². The number of halogens is 1. The highest BCUT2D eigenvalue weighted by molar-refractivity contribution is 6.31. The fraction of sp³-hybridized carbons (Fsp3) is 0.625. The summed E-state index contributed by atoms with van der Waals surface area (Å²) in [6, 6.07) is 3.98. The molecule has 1 aromatic rings. The minimum atomic E-state index is 0.115. The third-order valence-corrected chi connectivity index (χ3v) is 3.97. The highest BCUT2D eigenvalue weighted by atomic mass is 35.5. The molecule has 0 aliphatic heterocycles. The van der Waals surface area contributed by atoms with E-state index < -0.39 is 0 Å². The molecule has 3 N–H and O–H groups in total. The number of benzene rings is 1. The third-order valence-electron chi connectivity index (χ3n) is 3.56. The molecular formula is C16H26ClNO2. The normalized spacial score (nSPS) is 14.1. The van der Waals surface area contributed by atoms with Crippen LogP contribution in [0.25, 0.3) is 0 Å². The van der Waals surface area contributed by atoms with Gasteiger partial charge < -0.3 is 15.6 Å². The van der Waals surface area contributed by atoms with Crippen LogP contribution in [0.2, 0.25) is 5.02 Å². The quantitative estimate of drug-likeness (QED) is 0.772. The van der Waals surface area contributed by atoms with Crippen LogP contribution in [0.1, 0.15) is 43.7 Å². The van der Waals surface area contributed by atoms with E-state index in [9.17, 15) is 5.11 Å². The van der Waals surface area contributed by atoms with Crippen molar-refractivity contribution in [2.45, 2.75) is 39.5 Å². The van der Waals surface area contributed by atoms with Crippen molar-refractivity contribution in [1.82, 2.24) is 0 Å². The topological polar surface area (TPSA) is 55.5 Å². The van der Waals surface area contributed by atoms with Gasteiger partial charge in [0.05, 0.1) is 6.61 Å². The minimum absolute atomic E-state index is 0.115. The summed E-state index contributed by atoms with van der Waals surface area (Å²) < 4.78 is 5.84. The zero-order valence-electron chi connectivity index (χ0n) is 12.7. The highest BCUT2D eigenvalue weighted by Crippen LogP contribution is 2.35. The van der Waals surface area contributed by atoms with E-state index in [0.717, 1.165) is 34.7 Å². The van der Waals surface area contributed by atoms with Crippen LogP contribution >= 0.6 is 11.6 Å². The van der Waals surface area contributed by atoms with E-state index in [0.29, 0.717) is 13.2 Å². The maximum Gasteiger partial charge on any atom is 0.123 e. The van der Waals surface area contributed by atoms with Gasteiger partial charge in [-0.3, -0.25) is 0 Å². The van der Waals surface area contributed by atoms with Crippen LogP contribution in [0.4, 0.5) is 0 Å². The zero-order valence-corrected chi connectivity index (χ0v) is 13.4. The van der Waals surface area contributed by atoms with Crippen LogP contribution in [-0.4, -0.2) is 24.9 Å². The van der Waals surface area contributed by atoms with Crippen molar-refractivity contribution in [1.29, 1.82) is 0 Å². The second kappa shape index (κ2) is 8.50. The highest BCUT2D eigenvalue weighted by Gasteiger charge is 2.18. The first-order valence-corrected chi connectivity index (χ1v) is 7.65. The number of aliphatic hydroxyl groups excluding tert-OH is 1. The Bertz CT molecular complexity index is 419. The fourth-order valence-electron chi connectivity index (χ4n) is 2.26. The average molecular weight is 300 g/mol. The molecule has 0 aliphatic rings. The molecule has 114 valence electrons. The summed E-state index contributed by atoms with van der Waals surface area (Å²) in [6.45, 7) is 7.49. The van der Waals surface area contributed by atoms with E-state index in [-0.39, 0.29) is 18.4 Å². The summed E-state index contributed by atoms with van der Waals surface area (Å²) >= 11 is 6.24. The van der Waals surface area contributed by atoms with Crippen molar-refractivity contribution < 1.29 is 9.84 Å². The van der Waals surface area contributed by atoms with Crippen LogP contribution in [0.3, 0.4) is 0 Å². The molecule has 0 saturated heterocycles. The van der Waals surface area contributed by atoms with E-state index >= 15 is 0 Å². The summed E-state index contributed by atoms with van der Waals surface area (Å²) in [4.78, 5) is 0. The fourth-order valence-corrected chi connectivity index (χ4v) is 2.44. The van der Waals surface area contributed by atoms with Crippen LogP contribution in [0.15, 0.2) is 12.1 Å². The minimum Gasteiger partial charge on any atom is -0.493 e. The predicted molar refractivity (Wildman–Crippen MR) is 84.6 cm³/mol. The number of aliphatic hydroxyl groups is 1. The maximum atomic E-state index is 9.29. The number of hydrogen-bond donors (Lipinski definition) is 2. The monoisotopic (exact) mass is 299 g/mol. The van der Waals surface area contributed by atoms with Gasteiger partial charge in [0.25, 0.3) is 0 Å². The molecular weight excluding hydrogens is 274 g/mol. The molecule has 0 aliphatic carbocycles. The molecule has 2 unspecified atom stereocenters. The number of aryl methyl sites for hydroxylation is 1. The predicted octanol–water partition coefficient (Wildman–Crippen LogP) is 3.50. The van der Waals surface area contributed by atoms with Crippen LogP contribution in [-0.2, 0) is 0 Å². The van der Waals surface area contributed by atoms with E-state index in [2.05, 4.69) is 13.8 Å². The number of rotatable bonds is 8. The first-order valence-electron chi connectivity index (χ1n) is 7.27. The Morgan fingerprint density at radius 1 is 1.40 bits per heavy atom. The zero-order chi connectivity index (χ0) is 15.1. The van der Waals surface area contributed by atoms with Gasteiger partial charge in [0.2, 0.25) is 0 Å². The lowest BCUT2D eigenvalue weighted by Crippen LogP contribution is -2.20. The summed E-state index contributed by atoms with van der Waals surface area (Å²) in [5.74, 6) is 1.26. The second-order valence-electron chi connectivity index (χ2n) is 5.41. The number of hydrogen-bond acceptors (Lipinski definition) is 3. The molecule has 0 saturated carbocycles. The number of nitrogens with two attached hydrogens (primary N) is 1. The van der Waals surface area contributed by atoms with Gasteiger partial charge >= 0.3 is 0 Å². The largest absolute Gasteiger partial charge is 0.493 e. The molecule has 0 fully saturated rings. The van der Waals surface area contributed by atoms with Gasteiger partial charge in [-0.25, -0.2) is 0 Å². The molecule has 20 heavy (non-hydrogen) atoms. The maximum absolute atomic E-state index is 9.29. The van der Waals surface area contributed by atoms with Crippen molar-refractivity contribution in [3.63, 3.8) is 0 Å². The van der Waals surface area contributed by atoms with Gasteiger partial charge in [-0.2, -0.15) is 0 Å². The molecule has 0 heterocycles. The summed E-state index contributed by atoms with van der Waals surface area (Å²) in [5.41, 5.74) is 7.78. The standard InChI is InChI=1S/C16H26ClNO2/c1-4-5-20-16-7-12(3)15(17)8-14(16)11(2)6-13(9-18)10-19/h7-8,11,13,19H,4-6,9-10,18H2,1-3H3. The average Bonchev–Trinajstić information content (AvgIpc) is 2.45. The summed E-state index contributed by atoms with van der Waals surface area (Å²) in [7, 11) is 0. The van der Waals surface area contributed by atoms with Gasteiger partial charge in [-0.05, 0) is 61.4 Å². The van der Waals surface area contributed by atoms with E-state index in [1.165, 1.54) is 0 Å². The lowest BCUT2D eigenvalue weighted by Gasteiger charge is -2.21. The molecule has 2 atom stereocenters. The molecule has 4 heteroatoms. The molecule has 0 aromatic heterocycles. The first-order chi connectivity index (χ1) is 9.53. The Kier molecular flexibility index (Phi) is 7.35. The van der Waals surface area contributed by atoms with Gasteiger partial charge in [0.1, 0.15) is 5.75 Å². The Hall–Kier alpha value is -0.770. The molecule has 3 nitrogen and oxygen atoms in total. The van der Waals surface area contributed by atoms with E-state index in [1.807, 2.05) is 19.1 Å². The second-order valence-corrected chi connectivity index (χ2v) is 5.82. The van der Waals surface area contributed by atoms with Gasteiger partial charge in [-0.1, -0.05) is 25.4 Å². The van der Waals surface area contributed by atoms with E-state index in [4.69, 9.17) is 22.1 Å². The Morgan fingerprint density at radius 2 is 2.10 bits per heavy atom. The lowest BCUT2D eigenvalue weighted by atomic mass is 9.89. The molecule has 0 bridgehead atoms. The van der Waals surface area contributed by atoms with Crippen LogP contribution in [0, 0.1) is 12.8 Å². The van der Waals surface area contributed by atoms with Crippen LogP contribution < -0.4 is 10.5 Å². The third kappa shape index (κ3) is 4.65. The van der Waals surface area contributed by atoms with Gasteiger partial charge in [-0.15, -0.1) is 0 Å². The van der Waals surface area contributed by atoms with Crippen molar-refractivity contribution in [2.24, 2.45) is 11.7 Å².